The van der Waals surface area contributed by atoms with Crippen LogP contribution in [0.1, 0.15) is 26.3 Å². The van der Waals surface area contributed by atoms with E-state index in [0.717, 1.165) is 5.56 Å². The first-order valence-electron chi connectivity index (χ1n) is 7.27. The smallest absolute Gasteiger partial charge is 0.260 e. The number of morpholine rings is 1. The van der Waals surface area contributed by atoms with Crippen LogP contribution in [-0.4, -0.2) is 42.2 Å². The lowest BCUT2D eigenvalue weighted by atomic mass is 10.1. The average molecular weight is 292 g/mol. The van der Waals surface area contributed by atoms with Crippen LogP contribution in [0.4, 0.5) is 0 Å². The molecule has 1 aromatic carbocycles. The molecule has 0 bridgehead atoms. The van der Waals surface area contributed by atoms with E-state index in [0.29, 0.717) is 25.4 Å². The molecule has 0 spiro atoms. The molecule has 0 saturated carbocycles. The number of hydrogen-bond acceptors (Lipinski definition) is 4. The van der Waals surface area contributed by atoms with Crippen molar-refractivity contribution in [3.05, 3.63) is 29.8 Å². The van der Waals surface area contributed by atoms with Gasteiger partial charge in [-0.25, -0.2) is 0 Å². The minimum Gasteiger partial charge on any atom is -0.484 e. The number of nitrogens with zero attached hydrogens (tertiary/aromatic N) is 1. The molecule has 1 unspecified atom stereocenters. The van der Waals surface area contributed by atoms with E-state index in [-0.39, 0.29) is 24.2 Å². The lowest BCUT2D eigenvalue weighted by molar-refractivity contribution is -0.159. The standard InChI is InChI=1S/C16H24N2O3/c1-12-9-18(11-16(2,3)21-12)15(19)10-20-14-6-4-13(8-17)5-7-14/h4-7,12H,8-11,17H2,1-3H3. The monoisotopic (exact) mass is 292 g/mol. The quantitative estimate of drug-likeness (QED) is 0.914. The van der Waals surface area contributed by atoms with Gasteiger partial charge >= 0.3 is 0 Å². The maximum atomic E-state index is 12.3. The summed E-state index contributed by atoms with van der Waals surface area (Å²) in [6, 6.07) is 7.47. The third-order valence-corrected chi connectivity index (χ3v) is 3.44. The van der Waals surface area contributed by atoms with Crippen molar-refractivity contribution in [2.75, 3.05) is 19.7 Å². The summed E-state index contributed by atoms with van der Waals surface area (Å²) >= 11 is 0. The summed E-state index contributed by atoms with van der Waals surface area (Å²) in [5.74, 6) is 0.669. The third-order valence-electron chi connectivity index (χ3n) is 3.44. The molecule has 1 atom stereocenters. The molecule has 1 amide bonds. The Morgan fingerprint density at radius 1 is 1.43 bits per heavy atom. The number of amides is 1. The van der Waals surface area contributed by atoms with Crippen LogP contribution in [0.2, 0.25) is 0 Å². The van der Waals surface area contributed by atoms with Crippen LogP contribution in [0.25, 0.3) is 0 Å². The lowest BCUT2D eigenvalue weighted by Crippen LogP contribution is -2.54. The molecule has 5 nitrogen and oxygen atoms in total. The minimum atomic E-state index is -0.309. The number of hydrogen-bond donors (Lipinski definition) is 1. The topological polar surface area (TPSA) is 64.8 Å². The van der Waals surface area contributed by atoms with Gasteiger partial charge in [-0.05, 0) is 38.5 Å². The Kier molecular flexibility index (Phi) is 4.85. The van der Waals surface area contributed by atoms with E-state index in [2.05, 4.69) is 0 Å². The second kappa shape index (κ2) is 6.45. The normalized spacial score (nSPS) is 21.1. The van der Waals surface area contributed by atoms with Crippen molar-refractivity contribution in [2.45, 2.75) is 39.0 Å². The molecule has 2 N–H and O–H groups in total. The van der Waals surface area contributed by atoms with Crippen LogP contribution >= 0.6 is 0 Å². The van der Waals surface area contributed by atoms with Crippen molar-refractivity contribution < 1.29 is 14.3 Å². The first-order valence-corrected chi connectivity index (χ1v) is 7.27. The first kappa shape index (κ1) is 15.8. The molecule has 21 heavy (non-hydrogen) atoms. The van der Waals surface area contributed by atoms with Crippen LogP contribution in [0.5, 0.6) is 5.75 Å². The van der Waals surface area contributed by atoms with Crippen molar-refractivity contribution in [3.63, 3.8) is 0 Å². The molecule has 5 heteroatoms. The number of carbonyl (C=O) groups is 1. The summed E-state index contributed by atoms with van der Waals surface area (Å²) in [5, 5.41) is 0. The van der Waals surface area contributed by atoms with E-state index >= 15 is 0 Å². The Labute approximate surface area is 126 Å². The van der Waals surface area contributed by atoms with E-state index in [9.17, 15) is 4.79 Å². The number of ether oxygens (including phenoxy) is 2. The summed E-state index contributed by atoms with van der Waals surface area (Å²) in [5.41, 5.74) is 6.27. The van der Waals surface area contributed by atoms with E-state index in [1.165, 1.54) is 0 Å². The summed E-state index contributed by atoms with van der Waals surface area (Å²) in [6.07, 6.45) is 0.0431. The Balaban J connectivity index is 1.88. The maximum Gasteiger partial charge on any atom is 0.260 e. The van der Waals surface area contributed by atoms with Gasteiger partial charge < -0.3 is 20.1 Å². The minimum absolute atomic E-state index is 0.0128. The zero-order chi connectivity index (χ0) is 15.5. The molecule has 116 valence electrons. The van der Waals surface area contributed by atoms with Gasteiger partial charge in [-0.1, -0.05) is 12.1 Å². The van der Waals surface area contributed by atoms with E-state index in [1.54, 1.807) is 0 Å². The zero-order valence-corrected chi connectivity index (χ0v) is 13.0. The highest BCUT2D eigenvalue weighted by Gasteiger charge is 2.33. The number of carbonyl (C=O) groups excluding carboxylic acids is 1. The number of rotatable bonds is 4. The Hall–Kier alpha value is -1.59. The molecule has 1 heterocycles. The fourth-order valence-electron chi connectivity index (χ4n) is 2.60. The molecule has 1 aromatic rings. The zero-order valence-electron chi connectivity index (χ0n) is 13.0. The summed E-state index contributed by atoms with van der Waals surface area (Å²) in [6.45, 7) is 7.71. The van der Waals surface area contributed by atoms with Crippen molar-refractivity contribution >= 4 is 5.91 Å². The van der Waals surface area contributed by atoms with E-state index < -0.39 is 0 Å². The van der Waals surface area contributed by atoms with Crippen LogP contribution in [0.15, 0.2) is 24.3 Å². The van der Waals surface area contributed by atoms with Crippen LogP contribution in [-0.2, 0) is 16.1 Å². The molecule has 0 radical (unpaired) electrons. The lowest BCUT2D eigenvalue weighted by Gasteiger charge is -2.41. The molecule has 1 fully saturated rings. The molecule has 1 saturated heterocycles. The Morgan fingerprint density at radius 3 is 2.67 bits per heavy atom. The highest BCUT2D eigenvalue weighted by Crippen LogP contribution is 2.21. The van der Waals surface area contributed by atoms with Crippen molar-refractivity contribution in [1.82, 2.24) is 4.90 Å². The van der Waals surface area contributed by atoms with E-state index in [1.807, 2.05) is 49.9 Å². The molecule has 0 aromatic heterocycles. The van der Waals surface area contributed by atoms with Crippen LogP contribution in [0, 0.1) is 0 Å². The van der Waals surface area contributed by atoms with Crippen LogP contribution in [0.3, 0.4) is 0 Å². The predicted octanol–water partition coefficient (Wildman–Crippen LogP) is 1.55. The Morgan fingerprint density at radius 2 is 2.10 bits per heavy atom. The average Bonchev–Trinajstić information content (AvgIpc) is 2.43. The fraction of sp³-hybridized carbons (Fsp3) is 0.562. The molecule has 2 rings (SSSR count). The van der Waals surface area contributed by atoms with Crippen molar-refractivity contribution in [2.24, 2.45) is 5.73 Å². The summed E-state index contributed by atoms with van der Waals surface area (Å²) in [4.78, 5) is 14.1. The SMILES string of the molecule is CC1CN(C(=O)COc2ccc(CN)cc2)CC(C)(C)O1. The van der Waals surface area contributed by atoms with Gasteiger partial charge in [-0.15, -0.1) is 0 Å². The van der Waals surface area contributed by atoms with Gasteiger partial charge in [0.2, 0.25) is 0 Å². The van der Waals surface area contributed by atoms with Gasteiger partial charge in [0.25, 0.3) is 5.91 Å². The number of benzene rings is 1. The maximum absolute atomic E-state index is 12.3. The molecule has 0 aliphatic carbocycles. The van der Waals surface area contributed by atoms with Gasteiger partial charge in [0.05, 0.1) is 11.7 Å². The van der Waals surface area contributed by atoms with Gasteiger partial charge in [0.1, 0.15) is 5.75 Å². The van der Waals surface area contributed by atoms with Gasteiger partial charge in [-0.2, -0.15) is 0 Å². The van der Waals surface area contributed by atoms with E-state index in [4.69, 9.17) is 15.2 Å². The van der Waals surface area contributed by atoms with Crippen molar-refractivity contribution in [3.8, 4) is 5.75 Å². The number of nitrogens with two attached hydrogens (primary N) is 1. The Bertz CT molecular complexity index is 485. The second-order valence-corrected chi connectivity index (χ2v) is 6.10. The highest BCUT2D eigenvalue weighted by atomic mass is 16.5. The second-order valence-electron chi connectivity index (χ2n) is 6.10. The van der Waals surface area contributed by atoms with Crippen molar-refractivity contribution in [1.29, 1.82) is 0 Å². The summed E-state index contributed by atoms with van der Waals surface area (Å²) in [7, 11) is 0. The molecule has 1 aliphatic heterocycles. The van der Waals surface area contributed by atoms with Gasteiger partial charge in [-0.3, -0.25) is 4.79 Å². The molecular formula is C16H24N2O3. The molecular weight excluding hydrogens is 268 g/mol. The van der Waals surface area contributed by atoms with Gasteiger partial charge in [0.15, 0.2) is 6.61 Å². The fourth-order valence-corrected chi connectivity index (χ4v) is 2.60. The third kappa shape index (κ3) is 4.44. The first-order chi connectivity index (χ1) is 9.89. The molecule has 1 aliphatic rings. The highest BCUT2D eigenvalue weighted by molar-refractivity contribution is 5.78. The predicted molar refractivity (Wildman–Crippen MR) is 81.0 cm³/mol. The van der Waals surface area contributed by atoms with Gasteiger partial charge in [0, 0.05) is 19.6 Å². The summed E-state index contributed by atoms with van der Waals surface area (Å²) < 4.78 is 11.3. The largest absolute Gasteiger partial charge is 0.484 e. The van der Waals surface area contributed by atoms with Crippen LogP contribution < -0.4 is 10.5 Å².